The van der Waals surface area contributed by atoms with E-state index in [0.717, 1.165) is 49.7 Å². The molecular weight excluding hydrogens is 500 g/mol. The fraction of sp³-hybridized carbons (Fsp3) is 0. The molecule has 0 amide bonds. The van der Waals surface area contributed by atoms with Crippen molar-refractivity contribution in [2.75, 3.05) is 0 Å². The van der Waals surface area contributed by atoms with Crippen molar-refractivity contribution in [1.29, 1.82) is 0 Å². The van der Waals surface area contributed by atoms with Gasteiger partial charge < -0.3 is 0 Å². The molecule has 0 saturated heterocycles. The second kappa shape index (κ2) is 9.54. The lowest BCUT2D eigenvalue weighted by molar-refractivity contribution is 0.766. The first kappa shape index (κ1) is 23.3. The number of fused-ring (bicyclic) bond motifs is 4. The standard InChI is InChI=1S/C37H24N4/c1-2-10-31-26(7-1)8-5-13-32(31)27-14-16-28(17-15-27)35-23-36-37(34-12-4-3-11-33(34)35)40-41(39-36)30-20-18-25(19-21-30)29-9-6-22-38-24-29/h1-24H. The van der Waals surface area contributed by atoms with Gasteiger partial charge in [0.15, 0.2) is 0 Å². The maximum Gasteiger partial charge on any atom is 0.121 e. The maximum atomic E-state index is 4.92. The molecule has 0 aliphatic carbocycles. The van der Waals surface area contributed by atoms with Crippen molar-refractivity contribution in [3.05, 3.63) is 146 Å². The Morgan fingerprint density at radius 2 is 1.15 bits per heavy atom. The second-order valence-corrected chi connectivity index (χ2v) is 10.2. The van der Waals surface area contributed by atoms with E-state index in [-0.39, 0.29) is 0 Å². The molecule has 4 heteroatoms. The molecular formula is C37H24N4. The third-order valence-corrected chi connectivity index (χ3v) is 7.78. The van der Waals surface area contributed by atoms with Gasteiger partial charge in [-0.3, -0.25) is 4.98 Å². The van der Waals surface area contributed by atoms with Crippen LogP contribution in [0.5, 0.6) is 0 Å². The van der Waals surface area contributed by atoms with E-state index < -0.39 is 0 Å². The first-order valence-corrected chi connectivity index (χ1v) is 13.7. The van der Waals surface area contributed by atoms with Crippen LogP contribution in [0.2, 0.25) is 0 Å². The zero-order valence-corrected chi connectivity index (χ0v) is 22.1. The zero-order valence-electron chi connectivity index (χ0n) is 22.1. The Morgan fingerprint density at radius 3 is 1.93 bits per heavy atom. The second-order valence-electron chi connectivity index (χ2n) is 10.2. The largest absolute Gasteiger partial charge is 0.264 e. The molecule has 0 fully saturated rings. The van der Waals surface area contributed by atoms with Crippen LogP contribution >= 0.6 is 0 Å². The van der Waals surface area contributed by atoms with E-state index in [1.165, 1.54) is 21.9 Å². The summed E-state index contributed by atoms with van der Waals surface area (Å²) in [6.07, 6.45) is 3.66. The summed E-state index contributed by atoms with van der Waals surface area (Å²) in [6, 6.07) is 46.8. The average Bonchev–Trinajstić information content (AvgIpc) is 3.49. The quantitative estimate of drug-likeness (QED) is 0.231. The monoisotopic (exact) mass is 524 g/mol. The van der Waals surface area contributed by atoms with Crippen LogP contribution in [0.4, 0.5) is 0 Å². The van der Waals surface area contributed by atoms with Crippen molar-refractivity contribution in [2.45, 2.75) is 0 Å². The highest BCUT2D eigenvalue weighted by Crippen LogP contribution is 2.36. The van der Waals surface area contributed by atoms with Crippen LogP contribution in [-0.2, 0) is 0 Å². The van der Waals surface area contributed by atoms with E-state index in [9.17, 15) is 0 Å². The van der Waals surface area contributed by atoms with E-state index in [4.69, 9.17) is 10.2 Å². The van der Waals surface area contributed by atoms with E-state index in [1.54, 1.807) is 11.0 Å². The van der Waals surface area contributed by atoms with Gasteiger partial charge in [0.2, 0.25) is 0 Å². The molecule has 41 heavy (non-hydrogen) atoms. The van der Waals surface area contributed by atoms with Crippen molar-refractivity contribution in [3.8, 4) is 39.1 Å². The van der Waals surface area contributed by atoms with Crippen LogP contribution in [0.15, 0.2) is 146 Å². The highest BCUT2D eigenvalue weighted by atomic mass is 15.5. The molecule has 6 aromatic carbocycles. The fourth-order valence-corrected chi connectivity index (χ4v) is 5.73. The molecule has 192 valence electrons. The number of hydrogen-bond donors (Lipinski definition) is 0. The number of pyridine rings is 1. The SMILES string of the molecule is c1cncc(-c2ccc(-n3nc4cc(-c5ccc(-c6cccc7ccccc67)cc5)c5ccccc5c4n3)cc2)c1. The smallest absolute Gasteiger partial charge is 0.121 e. The molecule has 0 spiro atoms. The highest BCUT2D eigenvalue weighted by Gasteiger charge is 2.14. The Morgan fingerprint density at radius 1 is 0.463 bits per heavy atom. The topological polar surface area (TPSA) is 43.6 Å². The minimum Gasteiger partial charge on any atom is -0.264 e. The minimum absolute atomic E-state index is 0.869. The molecule has 0 aliphatic heterocycles. The molecule has 0 radical (unpaired) electrons. The summed E-state index contributed by atoms with van der Waals surface area (Å²) >= 11 is 0. The van der Waals surface area contributed by atoms with E-state index in [0.29, 0.717) is 0 Å². The van der Waals surface area contributed by atoms with Gasteiger partial charge in [0.05, 0.1) is 5.69 Å². The summed E-state index contributed by atoms with van der Waals surface area (Å²) < 4.78 is 0. The number of hydrogen-bond acceptors (Lipinski definition) is 3. The fourth-order valence-electron chi connectivity index (χ4n) is 5.73. The maximum absolute atomic E-state index is 4.92. The molecule has 8 aromatic rings. The van der Waals surface area contributed by atoms with Crippen molar-refractivity contribution in [3.63, 3.8) is 0 Å². The van der Waals surface area contributed by atoms with Gasteiger partial charge in [-0.15, -0.1) is 10.2 Å². The van der Waals surface area contributed by atoms with Gasteiger partial charge in [0.25, 0.3) is 0 Å². The normalized spacial score (nSPS) is 11.4. The van der Waals surface area contributed by atoms with E-state index in [1.807, 2.05) is 12.3 Å². The number of nitrogens with zero attached hydrogens (tertiary/aromatic N) is 4. The van der Waals surface area contributed by atoms with Crippen molar-refractivity contribution in [2.24, 2.45) is 0 Å². The number of rotatable bonds is 4. The molecule has 4 nitrogen and oxygen atoms in total. The van der Waals surface area contributed by atoms with Crippen LogP contribution in [0.25, 0.3) is 71.6 Å². The summed E-state index contributed by atoms with van der Waals surface area (Å²) in [5.41, 5.74) is 9.63. The molecule has 2 heterocycles. The summed E-state index contributed by atoms with van der Waals surface area (Å²) in [6.45, 7) is 0. The molecule has 0 atom stereocenters. The molecule has 8 rings (SSSR count). The molecule has 0 saturated carbocycles. The minimum atomic E-state index is 0.869. The van der Waals surface area contributed by atoms with Gasteiger partial charge in [0, 0.05) is 17.8 Å². The molecule has 0 unspecified atom stereocenters. The van der Waals surface area contributed by atoms with Gasteiger partial charge in [-0.1, -0.05) is 109 Å². The summed E-state index contributed by atoms with van der Waals surface area (Å²) in [5, 5.41) is 14.6. The third-order valence-electron chi connectivity index (χ3n) is 7.78. The lowest BCUT2D eigenvalue weighted by Gasteiger charge is -2.10. The van der Waals surface area contributed by atoms with Crippen molar-refractivity contribution in [1.82, 2.24) is 20.0 Å². The van der Waals surface area contributed by atoms with Crippen LogP contribution in [0.1, 0.15) is 0 Å². The number of benzene rings is 6. The van der Waals surface area contributed by atoms with Gasteiger partial charge in [-0.2, -0.15) is 4.80 Å². The van der Waals surface area contributed by atoms with Gasteiger partial charge in [0.1, 0.15) is 11.0 Å². The van der Waals surface area contributed by atoms with Crippen LogP contribution < -0.4 is 0 Å². The Balaban J connectivity index is 1.21. The first-order chi connectivity index (χ1) is 20.3. The molecule has 0 N–H and O–H groups in total. The van der Waals surface area contributed by atoms with Crippen LogP contribution in [0.3, 0.4) is 0 Å². The average molecular weight is 525 g/mol. The van der Waals surface area contributed by atoms with Crippen LogP contribution in [-0.4, -0.2) is 20.0 Å². The first-order valence-electron chi connectivity index (χ1n) is 13.7. The Labute approximate surface area is 237 Å². The summed E-state index contributed by atoms with van der Waals surface area (Å²) in [5.74, 6) is 0. The van der Waals surface area contributed by atoms with Crippen molar-refractivity contribution < 1.29 is 0 Å². The Hall–Kier alpha value is -5.61. The van der Waals surface area contributed by atoms with E-state index in [2.05, 4.69) is 132 Å². The van der Waals surface area contributed by atoms with Crippen molar-refractivity contribution >= 4 is 32.6 Å². The molecule has 0 bridgehead atoms. The van der Waals surface area contributed by atoms with E-state index >= 15 is 0 Å². The van der Waals surface area contributed by atoms with Gasteiger partial charge >= 0.3 is 0 Å². The lowest BCUT2D eigenvalue weighted by Crippen LogP contribution is -1.98. The predicted molar refractivity (Wildman–Crippen MR) is 168 cm³/mol. The number of aromatic nitrogens is 4. The summed E-state index contributed by atoms with van der Waals surface area (Å²) in [7, 11) is 0. The molecule has 0 aliphatic rings. The predicted octanol–water partition coefficient (Wildman–Crippen LogP) is 9.12. The lowest BCUT2D eigenvalue weighted by atomic mass is 9.94. The Kier molecular flexibility index (Phi) is 5.42. The third kappa shape index (κ3) is 4.05. The van der Waals surface area contributed by atoms with Crippen LogP contribution in [0, 0.1) is 0 Å². The highest BCUT2D eigenvalue weighted by molar-refractivity contribution is 6.11. The molecule has 2 aromatic heterocycles. The zero-order chi connectivity index (χ0) is 27.2. The van der Waals surface area contributed by atoms with Gasteiger partial charge in [-0.25, -0.2) is 0 Å². The van der Waals surface area contributed by atoms with Gasteiger partial charge in [-0.05, 0) is 73.8 Å². The summed E-state index contributed by atoms with van der Waals surface area (Å²) in [4.78, 5) is 5.97. The Bertz CT molecular complexity index is 2170.